The minimum atomic E-state index is 0.0618. The quantitative estimate of drug-likeness (QED) is 0.629. The molecule has 1 unspecified atom stereocenters. The van der Waals surface area contributed by atoms with E-state index in [0.717, 1.165) is 19.5 Å². The highest BCUT2D eigenvalue weighted by Gasteiger charge is 2.04. The largest absolute Gasteiger partial charge is 0.356 e. The molecule has 0 spiro atoms. The third kappa shape index (κ3) is 7.78. The van der Waals surface area contributed by atoms with Gasteiger partial charge in [-0.3, -0.25) is 4.79 Å². The molecule has 3 nitrogen and oxygen atoms in total. The van der Waals surface area contributed by atoms with E-state index in [1.54, 1.807) is 6.92 Å². The van der Waals surface area contributed by atoms with E-state index >= 15 is 0 Å². The molecule has 0 rings (SSSR count). The minimum absolute atomic E-state index is 0.0618. The van der Waals surface area contributed by atoms with Crippen LogP contribution in [0.1, 0.15) is 40.0 Å². The fraction of sp³-hybridized carbons (Fsp3) is 0.900. The molecule has 0 fully saturated rings. The predicted octanol–water partition coefficient (Wildman–Crippen LogP) is 1.29. The van der Waals surface area contributed by atoms with Gasteiger partial charge in [0.1, 0.15) is 0 Å². The van der Waals surface area contributed by atoms with Gasteiger partial charge in [-0.05, 0) is 19.4 Å². The van der Waals surface area contributed by atoms with Crippen LogP contribution >= 0.6 is 0 Å². The van der Waals surface area contributed by atoms with Crippen LogP contribution in [-0.2, 0) is 4.79 Å². The Bertz CT molecular complexity index is 131. The van der Waals surface area contributed by atoms with Gasteiger partial charge in [-0.25, -0.2) is 0 Å². The highest BCUT2D eigenvalue weighted by Crippen LogP contribution is 2.00. The summed E-state index contributed by atoms with van der Waals surface area (Å²) >= 11 is 0. The number of amides is 1. The lowest BCUT2D eigenvalue weighted by molar-refractivity contribution is -0.118. The molecule has 0 aromatic carbocycles. The van der Waals surface area contributed by atoms with Crippen molar-refractivity contribution in [2.45, 2.75) is 46.1 Å². The smallest absolute Gasteiger partial charge is 0.216 e. The molecule has 0 saturated heterocycles. The van der Waals surface area contributed by atoms with Crippen molar-refractivity contribution in [3.63, 3.8) is 0 Å². The van der Waals surface area contributed by atoms with Crippen LogP contribution in [0.15, 0.2) is 0 Å². The number of rotatable bonds is 7. The summed E-state index contributed by atoms with van der Waals surface area (Å²) in [7, 11) is 0. The summed E-state index contributed by atoms with van der Waals surface area (Å²) in [6.07, 6.45) is 3.41. The van der Waals surface area contributed by atoms with Crippen LogP contribution in [-0.4, -0.2) is 25.0 Å². The summed E-state index contributed by atoms with van der Waals surface area (Å²) in [5, 5.41) is 6.22. The molecule has 0 aliphatic heterocycles. The van der Waals surface area contributed by atoms with Crippen LogP contribution in [0.4, 0.5) is 0 Å². The maximum absolute atomic E-state index is 10.6. The van der Waals surface area contributed by atoms with E-state index in [1.165, 1.54) is 12.8 Å². The Morgan fingerprint density at radius 3 is 2.46 bits per heavy atom. The molecule has 0 aliphatic rings. The number of hydrogen-bond acceptors (Lipinski definition) is 2. The number of hydrogen-bond donors (Lipinski definition) is 2. The van der Waals surface area contributed by atoms with Gasteiger partial charge >= 0.3 is 0 Å². The molecule has 13 heavy (non-hydrogen) atoms. The zero-order chi connectivity index (χ0) is 10.1. The Balaban J connectivity index is 3.49. The third-order valence-electron chi connectivity index (χ3n) is 2.00. The highest BCUT2D eigenvalue weighted by molar-refractivity contribution is 5.72. The van der Waals surface area contributed by atoms with Crippen molar-refractivity contribution in [1.82, 2.24) is 10.6 Å². The summed E-state index contributed by atoms with van der Waals surface area (Å²) < 4.78 is 0. The van der Waals surface area contributed by atoms with Gasteiger partial charge in [0, 0.05) is 19.5 Å². The van der Waals surface area contributed by atoms with Gasteiger partial charge in [-0.1, -0.05) is 20.3 Å². The molecule has 2 N–H and O–H groups in total. The molecule has 1 amide bonds. The second kappa shape index (κ2) is 8.05. The Morgan fingerprint density at radius 1 is 1.31 bits per heavy atom. The van der Waals surface area contributed by atoms with Crippen LogP contribution in [0.5, 0.6) is 0 Å². The van der Waals surface area contributed by atoms with Gasteiger partial charge in [-0.2, -0.15) is 0 Å². The fourth-order valence-corrected chi connectivity index (χ4v) is 1.41. The number of carbonyl (C=O) groups is 1. The second-order valence-electron chi connectivity index (χ2n) is 3.31. The van der Waals surface area contributed by atoms with E-state index in [9.17, 15) is 4.79 Å². The minimum Gasteiger partial charge on any atom is -0.356 e. The van der Waals surface area contributed by atoms with Crippen molar-refractivity contribution in [1.29, 1.82) is 0 Å². The Kier molecular flexibility index (Phi) is 7.69. The van der Waals surface area contributed by atoms with Gasteiger partial charge in [-0.15, -0.1) is 0 Å². The van der Waals surface area contributed by atoms with Crippen LogP contribution in [0.3, 0.4) is 0 Å². The Hall–Kier alpha value is -0.570. The molecule has 0 aliphatic carbocycles. The average molecular weight is 186 g/mol. The van der Waals surface area contributed by atoms with Gasteiger partial charge in [0.05, 0.1) is 0 Å². The normalized spacial score (nSPS) is 12.5. The molecule has 0 saturated carbocycles. The van der Waals surface area contributed by atoms with Crippen LogP contribution in [0.2, 0.25) is 0 Å². The molecular weight excluding hydrogens is 164 g/mol. The lowest BCUT2D eigenvalue weighted by Gasteiger charge is -2.16. The molecule has 0 aromatic rings. The van der Waals surface area contributed by atoms with E-state index in [4.69, 9.17) is 0 Å². The maximum atomic E-state index is 10.6. The van der Waals surface area contributed by atoms with E-state index < -0.39 is 0 Å². The molecule has 0 aromatic heterocycles. The Morgan fingerprint density at radius 2 is 2.00 bits per heavy atom. The first-order valence-electron chi connectivity index (χ1n) is 5.18. The van der Waals surface area contributed by atoms with Gasteiger partial charge in [0.2, 0.25) is 5.91 Å². The molecule has 78 valence electrons. The summed E-state index contributed by atoms with van der Waals surface area (Å²) in [5.41, 5.74) is 0. The first-order valence-corrected chi connectivity index (χ1v) is 5.18. The first kappa shape index (κ1) is 12.4. The predicted molar refractivity (Wildman–Crippen MR) is 55.7 cm³/mol. The van der Waals surface area contributed by atoms with Gasteiger partial charge in [0.25, 0.3) is 0 Å². The van der Waals surface area contributed by atoms with Crippen molar-refractivity contribution in [2.75, 3.05) is 13.1 Å². The fourth-order valence-electron chi connectivity index (χ4n) is 1.41. The lowest BCUT2D eigenvalue weighted by atomic mass is 10.1. The van der Waals surface area contributed by atoms with Crippen LogP contribution in [0.25, 0.3) is 0 Å². The molecular formula is C10H22N2O. The standard InChI is InChI=1S/C10H22N2O/c1-4-6-10(11-5-2)7-8-12-9(3)13/h10-11H,4-8H2,1-3H3,(H,12,13). The van der Waals surface area contributed by atoms with E-state index in [2.05, 4.69) is 24.5 Å². The van der Waals surface area contributed by atoms with E-state index in [0.29, 0.717) is 6.04 Å². The topological polar surface area (TPSA) is 41.1 Å². The van der Waals surface area contributed by atoms with Gasteiger partial charge < -0.3 is 10.6 Å². The first-order chi connectivity index (χ1) is 6.20. The van der Waals surface area contributed by atoms with Gasteiger partial charge in [0.15, 0.2) is 0 Å². The Labute approximate surface area is 81.3 Å². The van der Waals surface area contributed by atoms with Crippen molar-refractivity contribution < 1.29 is 4.79 Å². The summed E-state index contributed by atoms with van der Waals surface area (Å²) in [6, 6.07) is 0.557. The SMILES string of the molecule is CCCC(CCNC(C)=O)NCC. The molecule has 0 heterocycles. The van der Waals surface area contributed by atoms with Crippen molar-refractivity contribution in [3.8, 4) is 0 Å². The zero-order valence-corrected chi connectivity index (χ0v) is 9.02. The van der Waals surface area contributed by atoms with Crippen molar-refractivity contribution >= 4 is 5.91 Å². The number of carbonyl (C=O) groups excluding carboxylic acids is 1. The molecule has 1 atom stereocenters. The summed E-state index contributed by atoms with van der Waals surface area (Å²) in [6.45, 7) is 7.64. The lowest BCUT2D eigenvalue weighted by Crippen LogP contribution is -2.33. The van der Waals surface area contributed by atoms with E-state index in [-0.39, 0.29) is 5.91 Å². The van der Waals surface area contributed by atoms with Crippen LogP contribution < -0.4 is 10.6 Å². The number of nitrogens with one attached hydrogen (secondary N) is 2. The summed E-state index contributed by atoms with van der Waals surface area (Å²) in [4.78, 5) is 10.6. The van der Waals surface area contributed by atoms with E-state index in [1.807, 2.05) is 0 Å². The third-order valence-corrected chi connectivity index (χ3v) is 2.00. The monoisotopic (exact) mass is 186 g/mol. The van der Waals surface area contributed by atoms with Crippen LogP contribution in [0, 0.1) is 0 Å². The molecule has 3 heteroatoms. The maximum Gasteiger partial charge on any atom is 0.216 e. The zero-order valence-electron chi connectivity index (χ0n) is 9.02. The van der Waals surface area contributed by atoms with Crippen molar-refractivity contribution in [3.05, 3.63) is 0 Å². The average Bonchev–Trinajstić information content (AvgIpc) is 2.04. The summed E-state index contributed by atoms with van der Waals surface area (Å²) in [5.74, 6) is 0.0618. The molecule has 0 radical (unpaired) electrons. The second-order valence-corrected chi connectivity index (χ2v) is 3.31. The van der Waals surface area contributed by atoms with Crippen molar-refractivity contribution in [2.24, 2.45) is 0 Å². The molecule has 0 bridgehead atoms. The highest BCUT2D eigenvalue weighted by atomic mass is 16.1.